The van der Waals surface area contributed by atoms with Crippen molar-refractivity contribution in [2.24, 2.45) is 0 Å². The van der Waals surface area contributed by atoms with Gasteiger partial charge >= 0.3 is 0 Å². The van der Waals surface area contributed by atoms with Gasteiger partial charge in [0.15, 0.2) is 9.84 Å². The van der Waals surface area contributed by atoms with Gasteiger partial charge in [-0.2, -0.15) is 0 Å². The summed E-state index contributed by atoms with van der Waals surface area (Å²) in [6.07, 6.45) is 1.55. The van der Waals surface area contributed by atoms with Gasteiger partial charge in [0.2, 0.25) is 0 Å². The van der Waals surface area contributed by atoms with Crippen LogP contribution in [0.1, 0.15) is 0 Å². The predicted molar refractivity (Wildman–Crippen MR) is 78.6 cm³/mol. The molecule has 1 heterocycles. The molecule has 7 heteroatoms. The van der Waals surface area contributed by atoms with Crippen molar-refractivity contribution in [1.82, 2.24) is 4.57 Å². The lowest BCUT2D eigenvalue weighted by molar-refractivity contribution is 0.587. The minimum Gasteiger partial charge on any atom is -0.398 e. The molecule has 20 heavy (non-hydrogen) atoms. The van der Waals surface area contributed by atoms with Crippen LogP contribution in [0.3, 0.4) is 0 Å². The summed E-state index contributed by atoms with van der Waals surface area (Å²) in [7, 11) is -3.51. The Balaban J connectivity index is 2.22. The van der Waals surface area contributed by atoms with Crippen LogP contribution in [0.5, 0.6) is 0 Å². The number of pyridine rings is 1. The van der Waals surface area contributed by atoms with Crippen LogP contribution in [-0.4, -0.2) is 18.7 Å². The molecule has 0 aliphatic heterocycles. The number of benzene rings is 1. The van der Waals surface area contributed by atoms with E-state index in [0.717, 1.165) is 0 Å². The Labute approximate surface area is 121 Å². The zero-order chi connectivity index (χ0) is 14.8. The number of aryl methyl sites for hydroxylation is 1. The molecule has 0 aliphatic rings. The lowest BCUT2D eigenvalue weighted by Crippen LogP contribution is -2.22. The number of sulfone groups is 1. The summed E-state index contributed by atoms with van der Waals surface area (Å²) in [5.74, 6) is -0.183. The van der Waals surface area contributed by atoms with E-state index < -0.39 is 9.84 Å². The number of hydrogen-bond donors (Lipinski definition) is 1. The van der Waals surface area contributed by atoms with Crippen LogP contribution in [0.4, 0.5) is 5.69 Å². The van der Waals surface area contributed by atoms with Gasteiger partial charge in [-0.15, -0.1) is 0 Å². The van der Waals surface area contributed by atoms with E-state index >= 15 is 0 Å². The molecule has 106 valence electrons. The van der Waals surface area contributed by atoms with Gasteiger partial charge in [-0.25, -0.2) is 8.42 Å². The molecule has 2 N–H and O–H groups in total. The molecular weight excluding hydrogens is 300 g/mol. The normalized spacial score (nSPS) is 11.4. The standard InChI is InChI=1S/C13H13ClN2O3S/c14-11-9-10(4-5-12(11)15)20(18,19)8-7-16-6-2-1-3-13(16)17/h1-6,9H,7-8,15H2. The Morgan fingerprint density at radius 3 is 2.60 bits per heavy atom. The average molecular weight is 313 g/mol. The van der Waals surface area contributed by atoms with Crippen molar-refractivity contribution < 1.29 is 8.42 Å². The van der Waals surface area contributed by atoms with Crippen LogP contribution in [0.15, 0.2) is 52.3 Å². The second-order valence-corrected chi connectivity index (χ2v) is 6.75. The maximum atomic E-state index is 12.2. The highest BCUT2D eigenvalue weighted by Crippen LogP contribution is 2.23. The summed E-state index contributed by atoms with van der Waals surface area (Å²) < 4.78 is 25.7. The van der Waals surface area contributed by atoms with E-state index in [9.17, 15) is 13.2 Å². The lowest BCUT2D eigenvalue weighted by atomic mass is 10.3. The van der Waals surface area contributed by atoms with Gasteiger partial charge in [0.05, 0.1) is 21.4 Å². The monoisotopic (exact) mass is 312 g/mol. The number of nitrogens with zero attached hydrogens (tertiary/aromatic N) is 1. The molecule has 2 rings (SSSR count). The maximum Gasteiger partial charge on any atom is 0.250 e. The highest BCUT2D eigenvalue weighted by molar-refractivity contribution is 7.91. The van der Waals surface area contributed by atoms with Gasteiger partial charge in [-0.1, -0.05) is 17.7 Å². The smallest absolute Gasteiger partial charge is 0.250 e. The summed E-state index contributed by atoms with van der Waals surface area (Å²) in [6, 6.07) is 8.84. The van der Waals surface area contributed by atoms with Gasteiger partial charge in [0.1, 0.15) is 0 Å². The average Bonchev–Trinajstić information content (AvgIpc) is 2.41. The van der Waals surface area contributed by atoms with E-state index in [-0.39, 0.29) is 27.8 Å². The summed E-state index contributed by atoms with van der Waals surface area (Å²) in [6.45, 7) is 0.0873. The fraction of sp³-hybridized carbons (Fsp3) is 0.154. The number of rotatable bonds is 4. The van der Waals surface area contributed by atoms with Crippen LogP contribution < -0.4 is 11.3 Å². The topological polar surface area (TPSA) is 82.2 Å². The molecule has 0 fully saturated rings. The van der Waals surface area contributed by atoms with Gasteiger partial charge in [0, 0.05) is 18.8 Å². The van der Waals surface area contributed by atoms with E-state index in [4.69, 9.17) is 17.3 Å². The highest BCUT2D eigenvalue weighted by atomic mass is 35.5. The van der Waals surface area contributed by atoms with Crippen molar-refractivity contribution in [2.75, 3.05) is 11.5 Å². The molecule has 1 aromatic carbocycles. The Kier molecular flexibility index (Phi) is 4.15. The van der Waals surface area contributed by atoms with Gasteiger partial charge in [-0.3, -0.25) is 4.79 Å². The molecule has 0 bridgehead atoms. The first-order valence-corrected chi connectivity index (χ1v) is 7.86. The quantitative estimate of drug-likeness (QED) is 0.869. The number of hydrogen-bond acceptors (Lipinski definition) is 4. The Morgan fingerprint density at radius 1 is 1.20 bits per heavy atom. The summed E-state index contributed by atoms with van der Waals surface area (Å²) in [4.78, 5) is 11.6. The fourth-order valence-electron chi connectivity index (χ4n) is 1.68. The maximum absolute atomic E-state index is 12.2. The molecule has 0 saturated heterocycles. The molecular formula is C13H13ClN2O3S. The van der Waals surface area contributed by atoms with E-state index in [1.165, 1.54) is 28.8 Å². The number of halogens is 1. The Hall–Kier alpha value is -1.79. The van der Waals surface area contributed by atoms with E-state index in [0.29, 0.717) is 5.69 Å². The van der Waals surface area contributed by atoms with E-state index in [2.05, 4.69) is 0 Å². The van der Waals surface area contributed by atoms with Crippen LogP contribution in [0, 0.1) is 0 Å². The Bertz CT molecular complexity index is 784. The molecule has 0 unspecified atom stereocenters. The van der Waals surface area contributed by atoms with Crippen LogP contribution in [-0.2, 0) is 16.4 Å². The van der Waals surface area contributed by atoms with E-state index in [1.807, 2.05) is 0 Å². The second-order valence-electron chi connectivity index (χ2n) is 4.23. The van der Waals surface area contributed by atoms with Gasteiger partial charge in [-0.05, 0) is 24.3 Å². The van der Waals surface area contributed by atoms with Crippen LogP contribution in [0.25, 0.3) is 0 Å². The second kappa shape index (κ2) is 5.68. The molecule has 2 aromatic rings. The van der Waals surface area contributed by atoms with Crippen molar-refractivity contribution in [2.45, 2.75) is 11.4 Å². The number of aromatic nitrogens is 1. The number of nitrogens with two attached hydrogens (primary N) is 1. The fourth-order valence-corrected chi connectivity index (χ4v) is 3.17. The van der Waals surface area contributed by atoms with Gasteiger partial charge < -0.3 is 10.3 Å². The van der Waals surface area contributed by atoms with Crippen molar-refractivity contribution in [3.63, 3.8) is 0 Å². The largest absolute Gasteiger partial charge is 0.398 e. The zero-order valence-electron chi connectivity index (χ0n) is 10.5. The number of nitrogen functional groups attached to an aromatic ring is 1. The minimum absolute atomic E-state index is 0.0873. The molecule has 0 saturated carbocycles. The molecule has 0 atom stereocenters. The lowest BCUT2D eigenvalue weighted by Gasteiger charge is -2.08. The highest BCUT2D eigenvalue weighted by Gasteiger charge is 2.15. The number of anilines is 1. The molecule has 0 spiro atoms. The van der Waals surface area contributed by atoms with Crippen LogP contribution >= 0.6 is 11.6 Å². The molecule has 5 nitrogen and oxygen atoms in total. The van der Waals surface area contributed by atoms with Gasteiger partial charge in [0.25, 0.3) is 5.56 Å². The zero-order valence-corrected chi connectivity index (χ0v) is 12.1. The SMILES string of the molecule is Nc1ccc(S(=O)(=O)CCn2ccccc2=O)cc1Cl. The molecule has 1 aromatic heterocycles. The predicted octanol–water partition coefficient (Wildman–Crippen LogP) is 1.56. The third-order valence-electron chi connectivity index (χ3n) is 2.83. The summed E-state index contributed by atoms with van der Waals surface area (Å²) in [5, 5.41) is 0.197. The van der Waals surface area contributed by atoms with Crippen molar-refractivity contribution in [3.8, 4) is 0 Å². The molecule has 0 radical (unpaired) electrons. The third kappa shape index (κ3) is 3.20. The van der Waals surface area contributed by atoms with Crippen molar-refractivity contribution in [3.05, 3.63) is 58.0 Å². The molecule has 0 aliphatic carbocycles. The summed E-state index contributed by atoms with van der Waals surface area (Å²) in [5.41, 5.74) is 5.63. The van der Waals surface area contributed by atoms with Crippen molar-refractivity contribution in [1.29, 1.82) is 0 Å². The van der Waals surface area contributed by atoms with Crippen molar-refractivity contribution >= 4 is 27.1 Å². The van der Waals surface area contributed by atoms with E-state index in [1.54, 1.807) is 18.3 Å². The Morgan fingerprint density at radius 2 is 1.95 bits per heavy atom. The first-order chi connectivity index (χ1) is 9.40. The first-order valence-electron chi connectivity index (χ1n) is 5.83. The minimum atomic E-state index is -3.51. The van der Waals surface area contributed by atoms with Crippen LogP contribution in [0.2, 0.25) is 5.02 Å². The summed E-state index contributed by atoms with van der Waals surface area (Å²) >= 11 is 5.82. The first kappa shape index (κ1) is 14.6. The molecule has 0 amide bonds. The third-order valence-corrected chi connectivity index (χ3v) is 4.85.